The molecule has 0 bridgehead atoms. The Balaban J connectivity index is 1.74. The second-order valence-corrected chi connectivity index (χ2v) is 5.61. The molecule has 0 N–H and O–H groups in total. The number of ether oxygens (including phenoxy) is 1. The molecule has 2 heterocycles. The van der Waals surface area contributed by atoms with Crippen LogP contribution in [0.3, 0.4) is 0 Å². The van der Waals surface area contributed by atoms with Gasteiger partial charge in [0.1, 0.15) is 12.3 Å². The Morgan fingerprint density at radius 3 is 3.05 bits per heavy atom. The maximum Gasteiger partial charge on any atom is 0.309 e. The van der Waals surface area contributed by atoms with Crippen molar-refractivity contribution in [2.45, 2.75) is 32.8 Å². The Hall–Kier alpha value is -2.43. The van der Waals surface area contributed by atoms with E-state index < -0.39 is 0 Å². The molecule has 3 rings (SSSR count). The van der Waals surface area contributed by atoms with Crippen LogP contribution in [0.25, 0.3) is 5.65 Å². The highest BCUT2D eigenvalue weighted by Crippen LogP contribution is 2.19. The molecule has 0 aliphatic heterocycles. The number of carbonyl (C=O) groups is 1. The van der Waals surface area contributed by atoms with Crippen molar-refractivity contribution in [2.24, 2.45) is 5.92 Å². The van der Waals surface area contributed by atoms with E-state index in [-0.39, 0.29) is 24.1 Å². The number of hydrogen-bond acceptors (Lipinski definition) is 4. The predicted octanol–water partition coefficient (Wildman–Crippen LogP) is 2.40. The Bertz CT molecular complexity index is 792. The number of allylic oxidation sites excluding steroid dienone is 2. The van der Waals surface area contributed by atoms with E-state index in [0.717, 1.165) is 24.8 Å². The first-order valence-corrected chi connectivity index (χ1v) is 7.44. The number of pyridine rings is 1. The van der Waals surface area contributed by atoms with Crippen LogP contribution >= 0.6 is 0 Å². The average molecular weight is 298 g/mol. The molecule has 1 atom stereocenters. The van der Waals surface area contributed by atoms with Crippen LogP contribution in [0.15, 0.2) is 41.3 Å². The predicted molar refractivity (Wildman–Crippen MR) is 82.5 cm³/mol. The Kier molecular flexibility index (Phi) is 4.04. The summed E-state index contributed by atoms with van der Waals surface area (Å²) in [5.41, 5.74) is 1.86. The van der Waals surface area contributed by atoms with Gasteiger partial charge >= 0.3 is 5.97 Å². The third-order valence-electron chi connectivity index (χ3n) is 3.83. The molecule has 0 unspecified atom stereocenters. The van der Waals surface area contributed by atoms with Crippen LogP contribution < -0.4 is 5.56 Å². The zero-order chi connectivity index (χ0) is 15.5. The van der Waals surface area contributed by atoms with Gasteiger partial charge in [-0.3, -0.25) is 14.0 Å². The minimum absolute atomic E-state index is 0.0403. The van der Waals surface area contributed by atoms with E-state index in [9.17, 15) is 9.59 Å². The Labute approximate surface area is 128 Å². The summed E-state index contributed by atoms with van der Waals surface area (Å²) in [6.45, 7) is 1.96. The van der Waals surface area contributed by atoms with Gasteiger partial charge < -0.3 is 4.74 Å². The Morgan fingerprint density at radius 1 is 1.41 bits per heavy atom. The van der Waals surface area contributed by atoms with E-state index in [1.54, 1.807) is 12.3 Å². The highest BCUT2D eigenvalue weighted by molar-refractivity contribution is 5.72. The standard InChI is InChI=1S/C17H18N2O3/c1-12-7-8-15-18-14(9-16(20)19(15)10-12)11-22-17(21)13-5-3-2-4-6-13/h2-3,7-10,13H,4-6,11H2,1H3/t13-/m0/s1. The van der Waals surface area contributed by atoms with Gasteiger partial charge in [-0.2, -0.15) is 0 Å². The second-order valence-electron chi connectivity index (χ2n) is 5.61. The lowest BCUT2D eigenvalue weighted by Gasteiger charge is -2.16. The zero-order valence-corrected chi connectivity index (χ0v) is 12.5. The maximum atomic E-state index is 12.1. The van der Waals surface area contributed by atoms with Crippen molar-refractivity contribution in [2.75, 3.05) is 0 Å². The molecule has 5 heteroatoms. The summed E-state index contributed by atoms with van der Waals surface area (Å²) in [6.07, 6.45) is 8.30. The fourth-order valence-corrected chi connectivity index (χ4v) is 2.60. The third-order valence-corrected chi connectivity index (χ3v) is 3.83. The SMILES string of the molecule is Cc1ccc2nc(COC(=O)[C@H]3CC=CCC3)cc(=O)n2c1. The number of esters is 1. The highest BCUT2D eigenvalue weighted by atomic mass is 16.5. The largest absolute Gasteiger partial charge is 0.459 e. The van der Waals surface area contributed by atoms with Gasteiger partial charge in [0, 0.05) is 12.3 Å². The lowest BCUT2D eigenvalue weighted by molar-refractivity contribution is -0.150. The van der Waals surface area contributed by atoms with Crippen LogP contribution in [0.2, 0.25) is 0 Å². The van der Waals surface area contributed by atoms with Crippen LogP contribution in [-0.4, -0.2) is 15.4 Å². The van der Waals surface area contributed by atoms with Gasteiger partial charge in [-0.25, -0.2) is 4.98 Å². The molecule has 5 nitrogen and oxygen atoms in total. The van der Waals surface area contributed by atoms with E-state index in [1.807, 2.05) is 19.1 Å². The molecule has 0 saturated heterocycles. The van der Waals surface area contributed by atoms with E-state index in [0.29, 0.717) is 11.3 Å². The van der Waals surface area contributed by atoms with Gasteiger partial charge in [0.15, 0.2) is 0 Å². The first-order chi connectivity index (χ1) is 10.6. The first-order valence-electron chi connectivity index (χ1n) is 7.44. The van der Waals surface area contributed by atoms with E-state index in [1.165, 1.54) is 10.5 Å². The monoisotopic (exact) mass is 298 g/mol. The summed E-state index contributed by atoms with van der Waals surface area (Å²) in [7, 11) is 0. The fourth-order valence-electron chi connectivity index (χ4n) is 2.60. The molecule has 2 aromatic heterocycles. The molecule has 0 saturated carbocycles. The summed E-state index contributed by atoms with van der Waals surface area (Å²) < 4.78 is 6.80. The molecule has 2 aromatic rings. The van der Waals surface area contributed by atoms with E-state index >= 15 is 0 Å². The number of hydrogen-bond donors (Lipinski definition) is 0. The van der Waals surface area contributed by atoms with Crippen molar-refractivity contribution in [3.05, 3.63) is 58.2 Å². The molecular formula is C17H18N2O3. The Morgan fingerprint density at radius 2 is 2.27 bits per heavy atom. The van der Waals surface area contributed by atoms with Gasteiger partial charge in [-0.05, 0) is 37.8 Å². The lowest BCUT2D eigenvalue weighted by Crippen LogP contribution is -2.20. The molecule has 114 valence electrons. The number of carbonyl (C=O) groups excluding carboxylic acids is 1. The van der Waals surface area contributed by atoms with Crippen LogP contribution in [-0.2, 0) is 16.1 Å². The average Bonchev–Trinajstić information content (AvgIpc) is 2.54. The molecule has 1 aliphatic carbocycles. The van der Waals surface area contributed by atoms with Gasteiger partial charge in [0.25, 0.3) is 5.56 Å². The summed E-state index contributed by atoms with van der Waals surface area (Å²) in [5.74, 6) is -0.288. The fraction of sp³-hybridized carbons (Fsp3) is 0.353. The van der Waals surface area contributed by atoms with E-state index in [4.69, 9.17) is 4.74 Å². The van der Waals surface area contributed by atoms with Gasteiger partial charge in [-0.1, -0.05) is 18.2 Å². The van der Waals surface area contributed by atoms with Crippen molar-refractivity contribution in [1.82, 2.24) is 9.38 Å². The maximum absolute atomic E-state index is 12.1. The van der Waals surface area contributed by atoms with Crippen LogP contribution in [0.4, 0.5) is 0 Å². The first kappa shape index (κ1) is 14.5. The van der Waals surface area contributed by atoms with Crippen molar-refractivity contribution < 1.29 is 9.53 Å². The number of nitrogens with zero attached hydrogens (tertiary/aromatic N) is 2. The molecule has 0 amide bonds. The summed E-state index contributed by atoms with van der Waals surface area (Å²) in [5, 5.41) is 0. The summed E-state index contributed by atoms with van der Waals surface area (Å²) in [6, 6.07) is 5.10. The van der Waals surface area contributed by atoms with E-state index in [2.05, 4.69) is 11.1 Å². The summed E-state index contributed by atoms with van der Waals surface area (Å²) in [4.78, 5) is 28.4. The smallest absolute Gasteiger partial charge is 0.309 e. The lowest BCUT2D eigenvalue weighted by atomic mass is 9.95. The van der Waals surface area contributed by atoms with Crippen LogP contribution in [0, 0.1) is 12.8 Å². The molecule has 0 radical (unpaired) electrons. The molecule has 0 spiro atoms. The molecule has 0 fully saturated rings. The van der Waals surface area contributed by atoms with Gasteiger partial charge in [-0.15, -0.1) is 0 Å². The van der Waals surface area contributed by atoms with Crippen molar-refractivity contribution in [1.29, 1.82) is 0 Å². The molecule has 22 heavy (non-hydrogen) atoms. The summed E-state index contributed by atoms with van der Waals surface area (Å²) >= 11 is 0. The van der Waals surface area contributed by atoms with Crippen molar-refractivity contribution in [3.63, 3.8) is 0 Å². The normalized spacial score (nSPS) is 17.6. The molecular weight excluding hydrogens is 280 g/mol. The number of fused-ring (bicyclic) bond motifs is 1. The number of aromatic nitrogens is 2. The van der Waals surface area contributed by atoms with Crippen molar-refractivity contribution in [3.8, 4) is 0 Å². The zero-order valence-electron chi connectivity index (χ0n) is 12.5. The quantitative estimate of drug-likeness (QED) is 0.645. The minimum Gasteiger partial charge on any atom is -0.459 e. The third kappa shape index (κ3) is 3.08. The van der Waals surface area contributed by atoms with Crippen LogP contribution in [0.1, 0.15) is 30.5 Å². The second kappa shape index (κ2) is 6.13. The topological polar surface area (TPSA) is 60.7 Å². The highest BCUT2D eigenvalue weighted by Gasteiger charge is 2.20. The van der Waals surface area contributed by atoms with Gasteiger partial charge in [0.2, 0.25) is 0 Å². The molecule has 0 aromatic carbocycles. The van der Waals surface area contributed by atoms with Crippen molar-refractivity contribution >= 4 is 11.6 Å². The van der Waals surface area contributed by atoms with Gasteiger partial charge in [0.05, 0.1) is 11.6 Å². The molecule has 1 aliphatic rings. The minimum atomic E-state index is -0.213. The number of rotatable bonds is 3. The van der Waals surface area contributed by atoms with Crippen LogP contribution in [0.5, 0.6) is 0 Å². The number of aryl methyl sites for hydroxylation is 1.